The van der Waals surface area contributed by atoms with Crippen LogP contribution in [0.15, 0.2) is 24.3 Å². The summed E-state index contributed by atoms with van der Waals surface area (Å²) in [5.74, 6) is -0.0299. The molecule has 1 heterocycles. The van der Waals surface area contributed by atoms with Gasteiger partial charge in [-0.2, -0.15) is 0 Å². The summed E-state index contributed by atoms with van der Waals surface area (Å²) in [6.45, 7) is 3.10. The van der Waals surface area contributed by atoms with Gasteiger partial charge in [0.2, 0.25) is 0 Å². The molecule has 0 aliphatic carbocycles. The van der Waals surface area contributed by atoms with Gasteiger partial charge in [-0.15, -0.1) is 0 Å². The van der Waals surface area contributed by atoms with Crippen molar-refractivity contribution in [3.05, 3.63) is 29.8 Å². The number of ketones is 1. The number of ether oxygens (including phenoxy) is 1. The molecule has 110 valence electrons. The number of carbonyl (C=O) groups is 1. The highest BCUT2D eigenvalue weighted by Gasteiger charge is 2.41. The molecule has 2 rings (SSSR count). The van der Waals surface area contributed by atoms with Crippen LogP contribution >= 0.6 is 0 Å². The van der Waals surface area contributed by atoms with E-state index in [-0.39, 0.29) is 5.78 Å². The van der Waals surface area contributed by atoms with Gasteiger partial charge in [-0.1, -0.05) is 0 Å². The van der Waals surface area contributed by atoms with Crippen LogP contribution in [0.5, 0.6) is 0 Å². The molecular weight excluding hydrogens is 262 g/mol. The van der Waals surface area contributed by atoms with Gasteiger partial charge in [0.25, 0.3) is 0 Å². The summed E-state index contributed by atoms with van der Waals surface area (Å²) >= 11 is 0. The largest absolute Gasteiger partial charge is 0.388 e. The van der Waals surface area contributed by atoms with Crippen LogP contribution in [0.25, 0.3) is 0 Å². The SMILES string of the molecule is CC(=O)c1ccc(N[C@@H]2O[C@H](C)[C@H](O)[C@H](O)[C@H]2O)cc1. The van der Waals surface area contributed by atoms with Crippen molar-refractivity contribution in [2.24, 2.45) is 0 Å². The number of benzene rings is 1. The van der Waals surface area contributed by atoms with Crippen LogP contribution in [-0.4, -0.2) is 51.7 Å². The Balaban J connectivity index is 2.07. The van der Waals surface area contributed by atoms with Crippen LogP contribution in [0.4, 0.5) is 5.69 Å². The molecule has 0 spiro atoms. The highest BCUT2D eigenvalue weighted by molar-refractivity contribution is 5.94. The molecule has 1 saturated heterocycles. The Labute approximate surface area is 117 Å². The smallest absolute Gasteiger partial charge is 0.159 e. The second-order valence-electron chi connectivity index (χ2n) is 5.01. The highest BCUT2D eigenvalue weighted by atomic mass is 16.5. The zero-order valence-corrected chi connectivity index (χ0v) is 11.4. The van der Waals surface area contributed by atoms with Crippen molar-refractivity contribution in [3.8, 4) is 0 Å². The van der Waals surface area contributed by atoms with Crippen molar-refractivity contribution in [1.29, 1.82) is 0 Å². The molecule has 0 saturated carbocycles. The summed E-state index contributed by atoms with van der Waals surface area (Å²) in [6.07, 6.45) is -5.06. The maximum atomic E-state index is 11.2. The zero-order chi connectivity index (χ0) is 14.9. The van der Waals surface area contributed by atoms with Crippen LogP contribution < -0.4 is 5.32 Å². The Hall–Kier alpha value is -1.47. The number of anilines is 1. The van der Waals surface area contributed by atoms with Crippen molar-refractivity contribution < 1.29 is 24.9 Å². The first-order valence-electron chi connectivity index (χ1n) is 6.47. The third kappa shape index (κ3) is 2.99. The molecule has 6 nitrogen and oxygen atoms in total. The van der Waals surface area contributed by atoms with E-state index in [9.17, 15) is 20.1 Å². The van der Waals surface area contributed by atoms with Gasteiger partial charge in [0.15, 0.2) is 12.0 Å². The number of carbonyl (C=O) groups excluding carboxylic acids is 1. The number of aliphatic hydroxyl groups is 3. The fraction of sp³-hybridized carbons (Fsp3) is 0.500. The normalized spacial score (nSPS) is 33.8. The van der Waals surface area contributed by atoms with Crippen molar-refractivity contribution in [2.75, 3.05) is 5.32 Å². The molecule has 4 N–H and O–H groups in total. The van der Waals surface area contributed by atoms with E-state index in [1.165, 1.54) is 6.92 Å². The van der Waals surface area contributed by atoms with Crippen LogP contribution in [0.3, 0.4) is 0 Å². The van der Waals surface area contributed by atoms with Crippen molar-refractivity contribution in [1.82, 2.24) is 0 Å². The van der Waals surface area contributed by atoms with Crippen molar-refractivity contribution in [3.63, 3.8) is 0 Å². The van der Waals surface area contributed by atoms with E-state index in [4.69, 9.17) is 4.74 Å². The maximum Gasteiger partial charge on any atom is 0.159 e. The fourth-order valence-corrected chi connectivity index (χ4v) is 2.14. The number of Topliss-reactive ketones (excluding diaryl/α,β-unsaturated/α-hetero) is 1. The first-order valence-corrected chi connectivity index (χ1v) is 6.47. The van der Waals surface area contributed by atoms with E-state index in [1.807, 2.05) is 0 Å². The zero-order valence-electron chi connectivity index (χ0n) is 11.4. The molecule has 0 aromatic heterocycles. The molecule has 1 fully saturated rings. The summed E-state index contributed by atoms with van der Waals surface area (Å²) in [4.78, 5) is 11.2. The Morgan fingerprint density at radius 3 is 2.25 bits per heavy atom. The number of rotatable bonds is 3. The van der Waals surface area contributed by atoms with E-state index >= 15 is 0 Å². The average molecular weight is 281 g/mol. The van der Waals surface area contributed by atoms with Crippen LogP contribution in [0.2, 0.25) is 0 Å². The van der Waals surface area contributed by atoms with Gasteiger partial charge in [-0.3, -0.25) is 4.79 Å². The highest BCUT2D eigenvalue weighted by Crippen LogP contribution is 2.22. The van der Waals surface area contributed by atoms with Gasteiger partial charge >= 0.3 is 0 Å². The Bertz CT molecular complexity index is 475. The lowest BCUT2D eigenvalue weighted by molar-refractivity contribution is -0.209. The van der Waals surface area contributed by atoms with Crippen LogP contribution in [0, 0.1) is 0 Å². The van der Waals surface area contributed by atoms with Gasteiger partial charge in [0.1, 0.15) is 18.3 Å². The fourth-order valence-electron chi connectivity index (χ4n) is 2.14. The number of aliphatic hydroxyl groups excluding tert-OH is 3. The third-order valence-corrected chi connectivity index (χ3v) is 3.45. The molecule has 0 amide bonds. The number of hydrogen-bond donors (Lipinski definition) is 4. The predicted octanol–water partition coefficient (Wildman–Crippen LogP) is 0.129. The quantitative estimate of drug-likeness (QED) is 0.588. The van der Waals surface area contributed by atoms with E-state index in [2.05, 4.69) is 5.32 Å². The molecule has 1 aliphatic heterocycles. The Morgan fingerprint density at radius 1 is 1.10 bits per heavy atom. The van der Waals surface area contributed by atoms with Gasteiger partial charge in [0, 0.05) is 11.3 Å². The summed E-state index contributed by atoms with van der Waals surface area (Å²) in [6, 6.07) is 6.70. The first kappa shape index (κ1) is 14.9. The summed E-state index contributed by atoms with van der Waals surface area (Å²) in [5.41, 5.74) is 1.24. The summed E-state index contributed by atoms with van der Waals surface area (Å²) in [5, 5.41) is 32.1. The van der Waals surface area contributed by atoms with Crippen LogP contribution in [0.1, 0.15) is 24.2 Å². The molecule has 5 atom stereocenters. The minimum atomic E-state index is -1.27. The number of nitrogens with one attached hydrogen (secondary N) is 1. The molecule has 1 aromatic carbocycles. The summed E-state index contributed by atoms with van der Waals surface area (Å²) < 4.78 is 5.42. The molecule has 0 unspecified atom stereocenters. The molecule has 1 aliphatic rings. The van der Waals surface area contributed by atoms with Crippen LogP contribution in [-0.2, 0) is 4.74 Å². The molecular formula is C14H19NO5. The molecule has 6 heteroatoms. The number of hydrogen-bond acceptors (Lipinski definition) is 6. The molecule has 1 aromatic rings. The van der Waals surface area contributed by atoms with Gasteiger partial charge in [-0.25, -0.2) is 0 Å². The Kier molecular flexibility index (Phi) is 4.39. The molecule has 0 radical (unpaired) electrons. The van der Waals surface area contributed by atoms with Gasteiger partial charge in [0.05, 0.1) is 6.10 Å². The van der Waals surface area contributed by atoms with Gasteiger partial charge in [-0.05, 0) is 38.1 Å². The topological polar surface area (TPSA) is 99.0 Å². The second kappa shape index (κ2) is 5.88. The van der Waals surface area contributed by atoms with E-state index < -0.39 is 30.6 Å². The van der Waals surface area contributed by atoms with Crippen molar-refractivity contribution >= 4 is 11.5 Å². The minimum absolute atomic E-state index is 0.0299. The lowest BCUT2D eigenvalue weighted by atomic mass is 9.99. The van der Waals surface area contributed by atoms with E-state index in [0.29, 0.717) is 11.3 Å². The third-order valence-electron chi connectivity index (χ3n) is 3.45. The predicted molar refractivity (Wildman–Crippen MR) is 72.4 cm³/mol. The van der Waals surface area contributed by atoms with Gasteiger partial charge < -0.3 is 25.4 Å². The molecule has 0 bridgehead atoms. The minimum Gasteiger partial charge on any atom is -0.388 e. The van der Waals surface area contributed by atoms with Crippen molar-refractivity contribution in [2.45, 2.75) is 44.5 Å². The molecule has 20 heavy (non-hydrogen) atoms. The monoisotopic (exact) mass is 281 g/mol. The summed E-state index contributed by atoms with van der Waals surface area (Å²) in [7, 11) is 0. The van der Waals surface area contributed by atoms with E-state index in [1.54, 1.807) is 31.2 Å². The lowest BCUT2D eigenvalue weighted by Crippen LogP contribution is -2.58. The lowest BCUT2D eigenvalue weighted by Gasteiger charge is -2.39. The average Bonchev–Trinajstić information content (AvgIpc) is 2.43. The van der Waals surface area contributed by atoms with E-state index in [0.717, 1.165) is 0 Å². The maximum absolute atomic E-state index is 11.2. The second-order valence-corrected chi connectivity index (χ2v) is 5.01. The first-order chi connectivity index (χ1) is 9.40. The Morgan fingerprint density at radius 2 is 1.70 bits per heavy atom. The standard InChI is InChI=1S/C14H19NO5/c1-7(16)9-3-5-10(6-4-9)15-14-13(19)12(18)11(17)8(2)20-14/h3-6,8,11-15,17-19H,1-2H3/t8-,11+,12+,13-,14-/m1/s1.